The van der Waals surface area contributed by atoms with E-state index in [4.69, 9.17) is 30.5 Å². The van der Waals surface area contributed by atoms with Crippen LogP contribution < -0.4 is 0 Å². The minimum absolute atomic E-state index is 0.0204. The summed E-state index contributed by atoms with van der Waals surface area (Å²) in [6, 6.07) is 0. The topological polar surface area (TPSA) is 146 Å². The van der Waals surface area contributed by atoms with E-state index < -0.39 is 65.4 Å². The molecule has 0 amide bonds. The van der Waals surface area contributed by atoms with Crippen molar-refractivity contribution < 1.29 is 48.3 Å². The Hall–Kier alpha value is -2.69. The van der Waals surface area contributed by atoms with Gasteiger partial charge in [-0.3, -0.25) is 19.2 Å². The molecule has 0 bridgehead atoms. The zero-order chi connectivity index (χ0) is 34.5. The fourth-order valence-electron chi connectivity index (χ4n) is 5.31. The van der Waals surface area contributed by atoms with Crippen LogP contribution >= 0.6 is 11.6 Å². The number of rotatable bonds is 12. The molecule has 0 radical (unpaired) electrons. The van der Waals surface area contributed by atoms with E-state index >= 15 is 0 Å². The molecule has 10 unspecified atom stereocenters. The lowest BCUT2D eigenvalue weighted by Gasteiger charge is -2.33. The van der Waals surface area contributed by atoms with Crippen LogP contribution in [0.5, 0.6) is 0 Å². The largest absolute Gasteiger partial charge is 0.462 e. The van der Waals surface area contributed by atoms with Crippen molar-refractivity contribution in [2.75, 3.05) is 0 Å². The van der Waals surface area contributed by atoms with E-state index in [0.717, 1.165) is 5.57 Å². The maximum atomic E-state index is 13.0. The predicted octanol–water partition coefficient (Wildman–Crippen LogP) is 5.36. The van der Waals surface area contributed by atoms with Crippen molar-refractivity contribution in [3.63, 3.8) is 0 Å². The average molecular weight is 657 g/mol. The van der Waals surface area contributed by atoms with E-state index in [1.165, 1.54) is 27.7 Å². The minimum Gasteiger partial charge on any atom is -0.462 e. The number of hydrogen-bond donors (Lipinski definition) is 2. The van der Waals surface area contributed by atoms with Crippen molar-refractivity contribution in [2.45, 2.75) is 136 Å². The number of carbonyl (C=O) groups excluding carboxylic acids is 4. The number of carbonyl (C=O) groups is 4. The smallest absolute Gasteiger partial charge is 0.310 e. The normalized spacial score (nSPS) is 29.2. The molecular formula is C34H53ClO10. The first-order chi connectivity index (χ1) is 20.9. The molecule has 0 saturated heterocycles. The van der Waals surface area contributed by atoms with E-state index in [1.54, 1.807) is 12.2 Å². The van der Waals surface area contributed by atoms with E-state index in [2.05, 4.69) is 0 Å². The van der Waals surface area contributed by atoms with Crippen LogP contribution in [0.1, 0.15) is 94.4 Å². The number of ether oxygens (including phenoxy) is 4. The van der Waals surface area contributed by atoms with Crippen molar-refractivity contribution in [2.24, 2.45) is 17.8 Å². The van der Waals surface area contributed by atoms with Crippen molar-refractivity contribution in [1.82, 2.24) is 0 Å². The Bertz CT molecular complexity index is 1080. The van der Waals surface area contributed by atoms with Crippen molar-refractivity contribution in [3.05, 3.63) is 36.0 Å². The monoisotopic (exact) mass is 656 g/mol. The molecule has 0 fully saturated rings. The van der Waals surface area contributed by atoms with Gasteiger partial charge in [0.05, 0.1) is 17.9 Å². The van der Waals surface area contributed by atoms with Gasteiger partial charge in [-0.2, -0.15) is 0 Å². The van der Waals surface area contributed by atoms with E-state index in [-0.39, 0.29) is 37.0 Å². The number of alkyl halides is 1. The SMILES string of the molecule is CCC(O)C(C)C(OC(C)=O)C(Cl)CC(C)/C=C/C=C(\C)C1OC(=O)CC(OC(C)=O)CCC(C)(O)C(OC(C)=O)/C=C/C1C. The second-order valence-corrected chi connectivity index (χ2v) is 13.0. The minimum atomic E-state index is -1.48. The van der Waals surface area contributed by atoms with Gasteiger partial charge in [-0.15, -0.1) is 11.6 Å². The molecule has 0 aliphatic carbocycles. The van der Waals surface area contributed by atoms with Gasteiger partial charge in [0.1, 0.15) is 30.0 Å². The molecule has 10 nitrogen and oxygen atoms in total. The van der Waals surface area contributed by atoms with Crippen LogP contribution in [0, 0.1) is 17.8 Å². The van der Waals surface area contributed by atoms with Crippen LogP contribution in [0.15, 0.2) is 36.0 Å². The summed E-state index contributed by atoms with van der Waals surface area (Å²) in [4.78, 5) is 48.3. The van der Waals surface area contributed by atoms with Gasteiger partial charge in [0, 0.05) is 32.6 Å². The molecule has 1 rings (SSSR count). The Balaban J connectivity index is 3.24. The highest BCUT2D eigenvalue weighted by atomic mass is 35.5. The van der Waals surface area contributed by atoms with Gasteiger partial charge in [-0.05, 0) is 57.1 Å². The van der Waals surface area contributed by atoms with Crippen LogP contribution in [-0.4, -0.2) is 75.6 Å². The average Bonchev–Trinajstić information content (AvgIpc) is 2.93. The molecule has 1 heterocycles. The zero-order valence-electron chi connectivity index (χ0n) is 28.2. The molecule has 10 atom stereocenters. The number of aliphatic hydroxyl groups is 2. The molecular weight excluding hydrogens is 604 g/mol. The van der Waals surface area contributed by atoms with Gasteiger partial charge in [0.2, 0.25) is 0 Å². The van der Waals surface area contributed by atoms with Crippen LogP contribution in [-0.2, 0) is 38.1 Å². The Morgan fingerprint density at radius 1 is 1.11 bits per heavy atom. The standard InChI is InChI=1S/C34H53ClO10/c1-10-29(39)23(5)33(44-26(8)38)28(35)18-20(2)12-11-13-21(3)32-22(4)14-15-30(43-25(7)37)34(9,41)17-16-27(42-24(6)36)19-31(40)45-32/h11-15,20,22-23,27-30,32-33,39,41H,10,16-19H2,1-9H3/b12-11+,15-14+,21-13+. The number of halogens is 1. The molecule has 2 N–H and O–H groups in total. The summed E-state index contributed by atoms with van der Waals surface area (Å²) in [6.45, 7) is 14.6. The number of aliphatic hydroxyl groups excluding tert-OH is 1. The highest BCUT2D eigenvalue weighted by molar-refractivity contribution is 6.21. The molecule has 256 valence electrons. The van der Waals surface area contributed by atoms with Crippen LogP contribution in [0.4, 0.5) is 0 Å². The number of allylic oxidation sites excluding steroid dienone is 3. The summed E-state index contributed by atoms with van der Waals surface area (Å²) in [5.74, 6) is -2.88. The van der Waals surface area contributed by atoms with Gasteiger partial charge in [0.25, 0.3) is 0 Å². The summed E-state index contributed by atoms with van der Waals surface area (Å²) in [6.07, 6.45) is 6.16. The molecule has 45 heavy (non-hydrogen) atoms. The lowest BCUT2D eigenvalue weighted by Crippen LogP contribution is -2.42. The van der Waals surface area contributed by atoms with Crippen LogP contribution in [0.25, 0.3) is 0 Å². The van der Waals surface area contributed by atoms with Gasteiger partial charge in [-0.25, -0.2) is 0 Å². The molecule has 0 spiro atoms. The third-order valence-corrected chi connectivity index (χ3v) is 8.40. The number of esters is 4. The lowest BCUT2D eigenvalue weighted by atomic mass is 9.88. The summed E-state index contributed by atoms with van der Waals surface area (Å²) >= 11 is 6.69. The zero-order valence-corrected chi connectivity index (χ0v) is 28.9. The Morgan fingerprint density at radius 2 is 1.73 bits per heavy atom. The Kier molecular flexibility index (Phi) is 17.1. The highest BCUT2D eigenvalue weighted by Crippen LogP contribution is 2.29. The third-order valence-electron chi connectivity index (χ3n) is 7.98. The van der Waals surface area contributed by atoms with Gasteiger partial charge in [-0.1, -0.05) is 52.0 Å². The van der Waals surface area contributed by atoms with Crippen molar-refractivity contribution in [1.29, 1.82) is 0 Å². The lowest BCUT2D eigenvalue weighted by molar-refractivity contribution is -0.160. The molecule has 0 aromatic carbocycles. The summed E-state index contributed by atoms with van der Waals surface area (Å²) in [7, 11) is 0. The summed E-state index contributed by atoms with van der Waals surface area (Å²) in [5, 5.41) is 21.0. The number of cyclic esters (lactones) is 1. The van der Waals surface area contributed by atoms with E-state index in [0.29, 0.717) is 12.8 Å². The van der Waals surface area contributed by atoms with E-state index in [9.17, 15) is 29.4 Å². The van der Waals surface area contributed by atoms with Gasteiger partial charge >= 0.3 is 23.9 Å². The maximum Gasteiger partial charge on any atom is 0.310 e. The van der Waals surface area contributed by atoms with Gasteiger partial charge in [0.15, 0.2) is 0 Å². The molecule has 11 heteroatoms. The Morgan fingerprint density at radius 3 is 2.29 bits per heavy atom. The van der Waals surface area contributed by atoms with Crippen LogP contribution in [0.3, 0.4) is 0 Å². The molecule has 1 aliphatic heterocycles. The molecule has 0 aromatic rings. The summed E-state index contributed by atoms with van der Waals surface area (Å²) in [5.41, 5.74) is -0.759. The van der Waals surface area contributed by atoms with Crippen LogP contribution in [0.2, 0.25) is 0 Å². The fraction of sp³-hybridized carbons (Fsp3) is 0.706. The summed E-state index contributed by atoms with van der Waals surface area (Å²) < 4.78 is 22.1. The predicted molar refractivity (Wildman–Crippen MR) is 171 cm³/mol. The second-order valence-electron chi connectivity index (χ2n) is 12.4. The molecule has 1 aliphatic rings. The molecule has 0 aromatic heterocycles. The van der Waals surface area contributed by atoms with Crippen molar-refractivity contribution in [3.8, 4) is 0 Å². The van der Waals surface area contributed by atoms with E-state index in [1.807, 2.05) is 52.8 Å². The van der Waals surface area contributed by atoms with Gasteiger partial charge < -0.3 is 29.2 Å². The second kappa shape index (κ2) is 19.1. The van der Waals surface area contributed by atoms with Crippen molar-refractivity contribution >= 4 is 35.5 Å². The first-order valence-corrected chi connectivity index (χ1v) is 16.1. The maximum absolute atomic E-state index is 13.0. The quantitative estimate of drug-likeness (QED) is 0.0925. The fourth-order valence-corrected chi connectivity index (χ4v) is 5.87. The first-order valence-electron chi connectivity index (χ1n) is 15.7. The number of hydrogen-bond acceptors (Lipinski definition) is 10. The molecule has 0 saturated carbocycles. The first kappa shape index (κ1) is 40.3. The third kappa shape index (κ3) is 14.5. The Labute approximate surface area is 273 Å². The highest BCUT2D eigenvalue weighted by Gasteiger charge is 2.36.